The van der Waals surface area contributed by atoms with Crippen LogP contribution in [0.15, 0.2) is 53.5 Å². The maximum absolute atomic E-state index is 13.0. The number of anilines is 1. The Hall–Kier alpha value is -2.19. The Morgan fingerprint density at radius 3 is 2.68 bits per heavy atom. The number of hydrogen-bond acceptors (Lipinski definition) is 4. The third kappa shape index (κ3) is 3.98. The fraction of sp³-hybridized carbons (Fsp3) is 0.300. The molecule has 28 heavy (non-hydrogen) atoms. The van der Waals surface area contributed by atoms with Gasteiger partial charge in [-0.1, -0.05) is 36.0 Å². The third-order valence-electron chi connectivity index (χ3n) is 4.84. The van der Waals surface area contributed by atoms with Crippen molar-refractivity contribution in [2.75, 3.05) is 16.4 Å². The van der Waals surface area contributed by atoms with Gasteiger partial charge in [-0.05, 0) is 42.3 Å². The Morgan fingerprint density at radius 2 is 1.96 bits per heavy atom. The Morgan fingerprint density at radius 1 is 1.21 bits per heavy atom. The largest absolute Gasteiger partial charge is 0.316 e. The van der Waals surface area contributed by atoms with Crippen LogP contribution in [0, 0.1) is 12.7 Å². The number of nitrogens with zero attached hydrogens (tertiary/aromatic N) is 2. The van der Waals surface area contributed by atoms with Crippen molar-refractivity contribution < 1.29 is 17.6 Å². The normalized spacial score (nSPS) is 24.5. The summed E-state index contributed by atoms with van der Waals surface area (Å²) < 4.78 is 37.3. The van der Waals surface area contributed by atoms with Crippen molar-refractivity contribution >= 4 is 38.4 Å². The van der Waals surface area contributed by atoms with Gasteiger partial charge in [-0.3, -0.25) is 4.79 Å². The number of thioether (sulfide) groups is 1. The second-order valence-corrected chi connectivity index (χ2v) is 10.5. The maximum atomic E-state index is 13.0. The smallest absolute Gasteiger partial charge is 0.252 e. The minimum atomic E-state index is -3.10. The lowest BCUT2D eigenvalue weighted by atomic mass is 10.1. The van der Waals surface area contributed by atoms with Crippen molar-refractivity contribution in [2.24, 2.45) is 4.99 Å². The van der Waals surface area contributed by atoms with E-state index in [9.17, 15) is 17.6 Å². The number of halogens is 1. The van der Waals surface area contributed by atoms with E-state index in [-0.39, 0.29) is 40.9 Å². The molecule has 2 aliphatic rings. The van der Waals surface area contributed by atoms with Gasteiger partial charge in [-0.15, -0.1) is 0 Å². The minimum Gasteiger partial charge on any atom is -0.316 e. The molecule has 2 aliphatic heterocycles. The molecule has 0 aliphatic carbocycles. The van der Waals surface area contributed by atoms with Crippen molar-refractivity contribution in [3.63, 3.8) is 0 Å². The van der Waals surface area contributed by atoms with Gasteiger partial charge in [0.2, 0.25) is 0 Å². The van der Waals surface area contributed by atoms with E-state index >= 15 is 0 Å². The lowest BCUT2D eigenvalue weighted by Gasteiger charge is -2.24. The summed E-state index contributed by atoms with van der Waals surface area (Å²) >= 11 is 1.35. The molecular formula is C20H19FN2O3S2. The van der Waals surface area contributed by atoms with Gasteiger partial charge in [0, 0.05) is 10.9 Å². The molecule has 0 unspecified atom stereocenters. The highest BCUT2D eigenvalue weighted by Gasteiger charge is 2.49. The van der Waals surface area contributed by atoms with Crippen LogP contribution in [0.25, 0.3) is 0 Å². The summed E-state index contributed by atoms with van der Waals surface area (Å²) in [4.78, 5) is 18.7. The molecule has 2 heterocycles. The van der Waals surface area contributed by atoms with Crippen LogP contribution in [0.5, 0.6) is 0 Å². The molecule has 0 saturated carbocycles. The highest BCUT2D eigenvalue weighted by Crippen LogP contribution is 2.41. The number of benzene rings is 2. The Bertz CT molecular complexity index is 1050. The number of hydrogen-bond donors (Lipinski definition) is 0. The summed E-state index contributed by atoms with van der Waals surface area (Å²) in [5.41, 5.74) is 2.57. The number of amides is 1. The van der Waals surface area contributed by atoms with Crippen molar-refractivity contribution in [2.45, 2.75) is 24.6 Å². The van der Waals surface area contributed by atoms with Crippen LogP contribution >= 0.6 is 11.8 Å². The molecule has 0 N–H and O–H groups in total. The lowest BCUT2D eigenvalue weighted by molar-refractivity contribution is -0.117. The molecule has 8 heteroatoms. The topological polar surface area (TPSA) is 66.8 Å². The first-order valence-electron chi connectivity index (χ1n) is 8.90. The van der Waals surface area contributed by atoms with Gasteiger partial charge in [-0.25, -0.2) is 12.8 Å². The van der Waals surface area contributed by atoms with Crippen molar-refractivity contribution in [3.8, 4) is 0 Å². The fourth-order valence-corrected chi connectivity index (χ4v) is 7.50. The summed E-state index contributed by atoms with van der Waals surface area (Å²) in [5, 5.41) is 0.394. The predicted molar refractivity (Wildman–Crippen MR) is 110 cm³/mol. The molecule has 2 aromatic rings. The first-order chi connectivity index (χ1) is 13.3. The summed E-state index contributed by atoms with van der Waals surface area (Å²) in [6.07, 6.45) is 0.0691. The maximum Gasteiger partial charge on any atom is 0.252 e. The number of amidine groups is 1. The zero-order valence-corrected chi connectivity index (χ0v) is 16.8. The quantitative estimate of drug-likeness (QED) is 0.767. The van der Waals surface area contributed by atoms with Crippen molar-refractivity contribution in [1.29, 1.82) is 0 Å². The van der Waals surface area contributed by atoms with Crippen LogP contribution in [0.2, 0.25) is 0 Å². The number of aliphatic imine (C=N–C) groups is 1. The van der Waals surface area contributed by atoms with Crippen LogP contribution in [-0.2, 0) is 21.1 Å². The Balaban J connectivity index is 1.63. The summed E-state index contributed by atoms with van der Waals surface area (Å²) in [6.45, 7) is 1.96. The van der Waals surface area contributed by atoms with Gasteiger partial charge < -0.3 is 4.90 Å². The van der Waals surface area contributed by atoms with Crippen LogP contribution in [0.1, 0.15) is 11.1 Å². The number of rotatable bonds is 3. The average molecular weight is 419 g/mol. The first-order valence-corrected chi connectivity index (χ1v) is 11.6. The van der Waals surface area contributed by atoms with Gasteiger partial charge in [-0.2, -0.15) is 4.99 Å². The number of aryl methyl sites for hydroxylation is 1. The minimum absolute atomic E-state index is 0.0593. The zero-order chi connectivity index (χ0) is 19.9. The zero-order valence-electron chi connectivity index (χ0n) is 15.2. The molecule has 2 aromatic carbocycles. The van der Waals surface area contributed by atoms with E-state index in [1.165, 1.54) is 23.9 Å². The monoisotopic (exact) mass is 418 g/mol. The van der Waals surface area contributed by atoms with Gasteiger partial charge in [0.05, 0.1) is 24.0 Å². The molecule has 5 nitrogen and oxygen atoms in total. The molecule has 0 spiro atoms. The summed E-state index contributed by atoms with van der Waals surface area (Å²) in [5.74, 6) is -0.539. The van der Waals surface area contributed by atoms with E-state index in [2.05, 4.69) is 4.99 Å². The number of sulfone groups is 1. The molecular weight excluding hydrogens is 399 g/mol. The van der Waals surface area contributed by atoms with Gasteiger partial charge in [0.15, 0.2) is 15.0 Å². The van der Waals surface area contributed by atoms with Gasteiger partial charge in [0.25, 0.3) is 5.91 Å². The third-order valence-corrected chi connectivity index (χ3v) is 8.05. The van der Waals surface area contributed by atoms with Crippen molar-refractivity contribution in [3.05, 3.63) is 65.5 Å². The molecule has 0 aromatic heterocycles. The van der Waals surface area contributed by atoms with Crippen LogP contribution in [-0.4, -0.2) is 42.3 Å². The standard InChI is InChI=1S/C20H19FN2O3S2/c1-13-3-2-4-16(9-13)23-17-11-28(25,26)12-18(17)27-20(23)22-19(24)10-14-5-7-15(21)8-6-14/h2-9,17-18H,10-12H2,1H3/t17-,18-/m1/s1. The molecule has 2 atom stereocenters. The van der Waals surface area contributed by atoms with Gasteiger partial charge >= 0.3 is 0 Å². The second kappa shape index (κ2) is 7.33. The molecule has 0 bridgehead atoms. The van der Waals surface area contributed by atoms with Crippen LogP contribution in [0.3, 0.4) is 0 Å². The van der Waals surface area contributed by atoms with E-state index in [4.69, 9.17) is 0 Å². The lowest BCUT2D eigenvalue weighted by Crippen LogP contribution is -2.37. The summed E-state index contributed by atoms with van der Waals surface area (Å²) in [6, 6.07) is 13.3. The number of carbonyl (C=O) groups is 1. The highest BCUT2D eigenvalue weighted by molar-refractivity contribution is 8.16. The van der Waals surface area contributed by atoms with Gasteiger partial charge in [0.1, 0.15) is 5.82 Å². The van der Waals surface area contributed by atoms with E-state index in [1.54, 1.807) is 12.1 Å². The first kappa shape index (κ1) is 19.1. The summed E-state index contributed by atoms with van der Waals surface area (Å²) in [7, 11) is -3.10. The highest BCUT2D eigenvalue weighted by atomic mass is 32.2. The molecule has 2 saturated heterocycles. The number of fused-ring (bicyclic) bond motifs is 1. The Labute approximate surface area is 167 Å². The molecule has 2 fully saturated rings. The van der Waals surface area contributed by atoms with E-state index < -0.39 is 9.84 Å². The molecule has 0 radical (unpaired) electrons. The molecule has 146 valence electrons. The second-order valence-electron chi connectivity index (χ2n) is 7.10. The van der Waals surface area contributed by atoms with Crippen molar-refractivity contribution in [1.82, 2.24) is 0 Å². The number of carbonyl (C=O) groups excluding carboxylic acids is 1. The SMILES string of the molecule is Cc1cccc(N2C(=NC(=O)Cc3ccc(F)cc3)S[C@@H]3CS(=O)(=O)C[C@H]32)c1. The molecule has 4 rings (SSSR count). The Kier molecular flexibility index (Phi) is 5.01. The fourth-order valence-electron chi connectivity index (χ4n) is 3.57. The van der Waals surface area contributed by atoms with E-state index in [0.717, 1.165) is 11.3 Å². The predicted octanol–water partition coefficient (Wildman–Crippen LogP) is 2.98. The van der Waals surface area contributed by atoms with Crippen LogP contribution in [0.4, 0.5) is 10.1 Å². The van der Waals surface area contributed by atoms with E-state index in [1.807, 2.05) is 36.1 Å². The van der Waals surface area contributed by atoms with Crippen LogP contribution < -0.4 is 4.90 Å². The van der Waals surface area contributed by atoms with E-state index in [0.29, 0.717) is 10.7 Å². The average Bonchev–Trinajstić information content (AvgIpc) is 3.07. The molecule has 1 amide bonds.